The fourth-order valence-corrected chi connectivity index (χ4v) is 3.55. The van der Waals surface area contributed by atoms with E-state index in [4.69, 9.17) is 10.6 Å². The Balaban J connectivity index is 2.24. The Hall–Kier alpha value is -1.91. The van der Waals surface area contributed by atoms with Gasteiger partial charge in [0.1, 0.15) is 4.90 Å². The zero-order valence-corrected chi connectivity index (χ0v) is 12.1. The quantitative estimate of drug-likeness (QED) is 0.369. The zero-order valence-electron chi connectivity index (χ0n) is 11.3. The predicted octanol–water partition coefficient (Wildman–Crippen LogP) is 2.49. The Bertz CT molecular complexity index is 677. The average molecular weight is 309 g/mol. The Morgan fingerprint density at radius 1 is 1.33 bits per heavy atom. The lowest BCUT2D eigenvalue weighted by Crippen LogP contribution is -2.29. The van der Waals surface area contributed by atoms with Gasteiger partial charge in [-0.1, -0.05) is 18.9 Å². The first-order chi connectivity index (χ1) is 9.94. The number of rotatable bonds is 4. The van der Waals surface area contributed by atoms with Gasteiger partial charge in [0.25, 0.3) is 15.8 Å². The van der Waals surface area contributed by atoms with Gasteiger partial charge < -0.3 is 0 Å². The molecule has 0 bridgehead atoms. The van der Waals surface area contributed by atoms with Gasteiger partial charge in [0.05, 0.1) is 11.0 Å². The van der Waals surface area contributed by atoms with Crippen molar-refractivity contribution >= 4 is 15.8 Å². The third-order valence-electron chi connectivity index (χ3n) is 3.48. The number of non-ortho nitro benzene ring substituents is 1. The molecule has 0 N–H and O–H groups in total. The highest BCUT2D eigenvalue weighted by molar-refractivity contribution is 7.86. The molecule has 1 aromatic rings. The smallest absolute Gasteiger partial charge is 0.262 e. The summed E-state index contributed by atoms with van der Waals surface area (Å²) in [5, 5.41) is 10.7. The summed E-state index contributed by atoms with van der Waals surface area (Å²) >= 11 is 0. The van der Waals surface area contributed by atoms with Gasteiger partial charge in [0, 0.05) is 18.1 Å². The fraction of sp³-hybridized carbons (Fsp3) is 0.429. The molecular weight excluding hydrogens is 294 g/mol. The van der Waals surface area contributed by atoms with Crippen molar-refractivity contribution in [2.45, 2.75) is 36.7 Å². The van der Waals surface area contributed by atoms with E-state index < -0.39 is 21.1 Å². The van der Waals surface area contributed by atoms with Crippen molar-refractivity contribution in [2.24, 2.45) is 5.92 Å². The van der Waals surface area contributed by atoms with E-state index in [-0.39, 0.29) is 16.5 Å². The van der Waals surface area contributed by atoms with Crippen LogP contribution in [0.3, 0.4) is 0 Å². The van der Waals surface area contributed by atoms with Crippen molar-refractivity contribution in [1.29, 1.82) is 0 Å². The number of hydrogen-bond donors (Lipinski definition) is 0. The molecule has 0 aliphatic heterocycles. The summed E-state index contributed by atoms with van der Waals surface area (Å²) in [6, 6.07) is 4.80. The maximum absolute atomic E-state index is 12.2. The van der Waals surface area contributed by atoms with Gasteiger partial charge in [-0.05, 0) is 18.9 Å². The SMILES string of the molecule is C#CC1CCCCC1OS(=O)(=O)c1cccc([N+](=O)[O-])c1. The number of nitrogens with zero attached hydrogens (tertiary/aromatic N) is 1. The molecule has 112 valence electrons. The van der Waals surface area contributed by atoms with E-state index in [0.29, 0.717) is 6.42 Å². The Morgan fingerprint density at radius 2 is 2.05 bits per heavy atom. The maximum Gasteiger partial charge on any atom is 0.297 e. The molecule has 0 heterocycles. The van der Waals surface area contributed by atoms with Crippen LogP contribution in [0.1, 0.15) is 25.7 Å². The molecule has 0 radical (unpaired) electrons. The summed E-state index contributed by atoms with van der Waals surface area (Å²) in [5.41, 5.74) is -0.295. The first-order valence-corrected chi connectivity index (χ1v) is 7.99. The number of nitro groups is 1. The minimum absolute atomic E-state index is 0.224. The molecule has 0 amide bonds. The first-order valence-electron chi connectivity index (χ1n) is 6.58. The minimum atomic E-state index is -4.06. The molecule has 7 heteroatoms. The van der Waals surface area contributed by atoms with Crippen LogP contribution in [0.25, 0.3) is 0 Å². The summed E-state index contributed by atoms with van der Waals surface area (Å²) in [7, 11) is -4.06. The standard InChI is InChI=1S/C14H15NO5S/c1-2-11-6-3-4-9-14(11)20-21(18,19)13-8-5-7-12(10-13)15(16)17/h1,5,7-8,10-11,14H,3-4,6,9H2. The molecule has 6 nitrogen and oxygen atoms in total. The molecule has 2 rings (SSSR count). The topological polar surface area (TPSA) is 86.5 Å². The molecular formula is C14H15NO5S. The van der Waals surface area contributed by atoms with E-state index in [2.05, 4.69) is 5.92 Å². The van der Waals surface area contributed by atoms with E-state index in [1.165, 1.54) is 18.2 Å². The van der Waals surface area contributed by atoms with Gasteiger partial charge in [-0.3, -0.25) is 14.3 Å². The predicted molar refractivity (Wildman–Crippen MR) is 75.9 cm³/mol. The van der Waals surface area contributed by atoms with Crippen LogP contribution in [-0.2, 0) is 14.3 Å². The highest BCUT2D eigenvalue weighted by atomic mass is 32.2. The normalized spacial score (nSPS) is 22.4. The number of terminal acetylenes is 1. The van der Waals surface area contributed by atoms with Crippen LogP contribution >= 0.6 is 0 Å². The van der Waals surface area contributed by atoms with Crippen LogP contribution in [0.2, 0.25) is 0 Å². The summed E-state index contributed by atoms with van der Waals surface area (Å²) < 4.78 is 29.7. The zero-order chi connectivity index (χ0) is 15.5. The van der Waals surface area contributed by atoms with Crippen LogP contribution in [0.4, 0.5) is 5.69 Å². The number of nitro benzene ring substituents is 1. The highest BCUT2D eigenvalue weighted by Gasteiger charge is 2.30. The molecule has 1 aromatic carbocycles. The molecule has 0 saturated heterocycles. The van der Waals surface area contributed by atoms with Crippen LogP contribution in [-0.4, -0.2) is 19.4 Å². The van der Waals surface area contributed by atoms with Gasteiger partial charge >= 0.3 is 0 Å². The lowest BCUT2D eigenvalue weighted by Gasteiger charge is -2.27. The maximum atomic E-state index is 12.2. The lowest BCUT2D eigenvalue weighted by atomic mass is 9.87. The summed E-state index contributed by atoms with van der Waals surface area (Å²) in [5.74, 6) is 2.32. The molecule has 1 saturated carbocycles. The average Bonchev–Trinajstić information content (AvgIpc) is 2.47. The summed E-state index contributed by atoms with van der Waals surface area (Å²) in [6.07, 6.45) is 7.94. The second kappa shape index (κ2) is 6.24. The van der Waals surface area contributed by atoms with Gasteiger partial charge in [-0.25, -0.2) is 0 Å². The third-order valence-corrected chi connectivity index (χ3v) is 4.82. The van der Waals surface area contributed by atoms with Crippen molar-refractivity contribution in [1.82, 2.24) is 0 Å². The summed E-state index contributed by atoms with van der Waals surface area (Å²) in [4.78, 5) is 9.84. The molecule has 1 aliphatic rings. The molecule has 21 heavy (non-hydrogen) atoms. The number of hydrogen-bond acceptors (Lipinski definition) is 5. The monoisotopic (exact) mass is 309 g/mol. The number of benzene rings is 1. The van der Waals surface area contributed by atoms with Gasteiger partial charge in [-0.2, -0.15) is 8.42 Å². The van der Waals surface area contributed by atoms with Crippen molar-refractivity contribution < 1.29 is 17.5 Å². The van der Waals surface area contributed by atoms with E-state index in [1.54, 1.807) is 0 Å². The molecule has 1 fully saturated rings. The van der Waals surface area contributed by atoms with Crippen LogP contribution < -0.4 is 0 Å². The molecule has 2 atom stereocenters. The van der Waals surface area contributed by atoms with Gasteiger partial charge in [0.2, 0.25) is 0 Å². The second-order valence-electron chi connectivity index (χ2n) is 4.90. The highest BCUT2D eigenvalue weighted by Crippen LogP contribution is 2.29. The van der Waals surface area contributed by atoms with Crippen molar-refractivity contribution in [3.63, 3.8) is 0 Å². The van der Waals surface area contributed by atoms with Crippen LogP contribution in [0, 0.1) is 28.4 Å². The van der Waals surface area contributed by atoms with Gasteiger partial charge in [-0.15, -0.1) is 12.3 Å². The van der Waals surface area contributed by atoms with Crippen LogP contribution in [0.5, 0.6) is 0 Å². The Morgan fingerprint density at radius 3 is 2.71 bits per heavy atom. The Kier molecular flexibility index (Phi) is 4.60. The second-order valence-corrected chi connectivity index (χ2v) is 6.47. The van der Waals surface area contributed by atoms with E-state index in [1.807, 2.05) is 0 Å². The van der Waals surface area contributed by atoms with Crippen molar-refractivity contribution in [3.8, 4) is 12.3 Å². The molecule has 1 aliphatic carbocycles. The van der Waals surface area contributed by atoms with E-state index in [9.17, 15) is 18.5 Å². The van der Waals surface area contributed by atoms with E-state index >= 15 is 0 Å². The van der Waals surface area contributed by atoms with Crippen LogP contribution in [0.15, 0.2) is 29.2 Å². The largest absolute Gasteiger partial charge is 0.297 e. The fourth-order valence-electron chi connectivity index (χ4n) is 2.37. The van der Waals surface area contributed by atoms with Crippen molar-refractivity contribution in [2.75, 3.05) is 0 Å². The molecule has 2 unspecified atom stereocenters. The lowest BCUT2D eigenvalue weighted by molar-refractivity contribution is -0.385. The van der Waals surface area contributed by atoms with Crippen molar-refractivity contribution in [3.05, 3.63) is 34.4 Å². The first kappa shape index (κ1) is 15.5. The van der Waals surface area contributed by atoms with Gasteiger partial charge in [0.15, 0.2) is 0 Å². The third kappa shape index (κ3) is 3.60. The van der Waals surface area contributed by atoms with E-state index in [0.717, 1.165) is 25.3 Å². The summed E-state index contributed by atoms with van der Waals surface area (Å²) in [6.45, 7) is 0. The molecule has 0 aromatic heterocycles. The molecule has 0 spiro atoms. The Labute approximate surface area is 123 Å². The minimum Gasteiger partial charge on any atom is -0.262 e.